The largest absolute Gasteiger partial charge is 0.478 e. The normalized spacial score (nSPS) is 10.8. The third kappa shape index (κ3) is 3.33. The van der Waals surface area contributed by atoms with Crippen LogP contribution in [0.2, 0.25) is 0 Å². The second-order valence-corrected chi connectivity index (χ2v) is 4.12. The highest BCUT2D eigenvalue weighted by atomic mass is 79.9. The molecule has 1 aromatic rings. The van der Waals surface area contributed by atoms with Crippen LogP contribution in [0.1, 0.15) is 12.5 Å². The molecule has 0 aliphatic carbocycles. The van der Waals surface area contributed by atoms with E-state index in [0.717, 1.165) is 4.47 Å². The zero-order valence-corrected chi connectivity index (χ0v) is 10.8. The molecule has 0 aliphatic rings. The Labute approximate surface area is 108 Å². The van der Waals surface area contributed by atoms with Crippen molar-refractivity contribution in [2.75, 3.05) is 11.9 Å². The van der Waals surface area contributed by atoms with Gasteiger partial charge in [0.1, 0.15) is 6.54 Å². The van der Waals surface area contributed by atoms with Crippen LogP contribution in [0.15, 0.2) is 28.7 Å². The van der Waals surface area contributed by atoms with Crippen LogP contribution in [0, 0.1) is 11.3 Å². The molecule has 1 rings (SSSR count). The number of aliphatic carboxylic acids is 1. The van der Waals surface area contributed by atoms with Crippen LogP contribution in [-0.2, 0) is 4.79 Å². The topological polar surface area (TPSA) is 73.1 Å². The summed E-state index contributed by atoms with van der Waals surface area (Å²) >= 11 is 3.31. The van der Waals surface area contributed by atoms with Crippen molar-refractivity contribution in [3.63, 3.8) is 0 Å². The molecule has 17 heavy (non-hydrogen) atoms. The van der Waals surface area contributed by atoms with E-state index in [-0.39, 0.29) is 12.1 Å². The van der Waals surface area contributed by atoms with Crippen molar-refractivity contribution in [3.8, 4) is 6.07 Å². The molecule has 0 fully saturated rings. The molecule has 2 N–H and O–H groups in total. The number of anilines is 1. The predicted octanol–water partition coefficient (Wildman–Crippen LogP) is 2.87. The summed E-state index contributed by atoms with van der Waals surface area (Å²) in [7, 11) is 0. The summed E-state index contributed by atoms with van der Waals surface area (Å²) in [4.78, 5) is 11.1. The molecular formula is C12H11BrN2O2. The van der Waals surface area contributed by atoms with Gasteiger partial charge >= 0.3 is 5.97 Å². The minimum Gasteiger partial charge on any atom is -0.478 e. The Hall–Kier alpha value is -1.80. The Balaban J connectivity index is 3.23. The first-order valence-corrected chi connectivity index (χ1v) is 5.69. The summed E-state index contributed by atoms with van der Waals surface area (Å²) in [5.74, 6) is -0.991. The molecule has 0 atom stereocenters. The number of halogens is 1. The van der Waals surface area contributed by atoms with E-state index < -0.39 is 5.97 Å². The maximum atomic E-state index is 11.1. The Morgan fingerprint density at radius 2 is 2.35 bits per heavy atom. The Morgan fingerprint density at radius 1 is 1.65 bits per heavy atom. The minimum atomic E-state index is -0.991. The molecule has 0 saturated carbocycles. The van der Waals surface area contributed by atoms with Crippen molar-refractivity contribution >= 4 is 33.2 Å². The van der Waals surface area contributed by atoms with Crippen molar-refractivity contribution in [1.29, 1.82) is 5.26 Å². The standard InChI is InChI=1S/C12H11BrN2O2/c1-2-9(12(16)17)10-4-3-8(13)7-11(10)15-6-5-14/h2-4,7,15H,6H2,1H3,(H,16,17)/b9-2+. The monoisotopic (exact) mass is 294 g/mol. The van der Waals surface area contributed by atoms with E-state index in [9.17, 15) is 4.79 Å². The van der Waals surface area contributed by atoms with Crippen LogP contribution in [-0.4, -0.2) is 17.6 Å². The van der Waals surface area contributed by atoms with E-state index in [1.165, 1.54) is 6.08 Å². The number of benzene rings is 1. The number of rotatable bonds is 4. The molecule has 0 aromatic heterocycles. The number of nitrogens with zero attached hydrogens (tertiary/aromatic N) is 1. The Bertz CT molecular complexity index is 504. The molecule has 0 bridgehead atoms. The first kappa shape index (κ1) is 13.3. The first-order chi connectivity index (χ1) is 8.10. The van der Waals surface area contributed by atoms with Gasteiger partial charge in [0.25, 0.3) is 0 Å². The lowest BCUT2D eigenvalue weighted by Crippen LogP contribution is -2.06. The van der Waals surface area contributed by atoms with Crippen molar-refractivity contribution in [2.45, 2.75) is 6.92 Å². The van der Waals surface area contributed by atoms with Crippen molar-refractivity contribution in [2.24, 2.45) is 0 Å². The van der Waals surface area contributed by atoms with E-state index in [1.54, 1.807) is 25.1 Å². The van der Waals surface area contributed by atoms with E-state index in [4.69, 9.17) is 10.4 Å². The number of carboxylic acids is 1. The number of hydrogen-bond acceptors (Lipinski definition) is 3. The van der Waals surface area contributed by atoms with E-state index >= 15 is 0 Å². The predicted molar refractivity (Wildman–Crippen MR) is 69.5 cm³/mol. The molecule has 4 nitrogen and oxygen atoms in total. The number of hydrogen-bond donors (Lipinski definition) is 2. The van der Waals surface area contributed by atoms with Crippen LogP contribution < -0.4 is 5.32 Å². The van der Waals surface area contributed by atoms with Crippen LogP contribution >= 0.6 is 15.9 Å². The van der Waals surface area contributed by atoms with Crippen LogP contribution in [0.5, 0.6) is 0 Å². The van der Waals surface area contributed by atoms with Gasteiger partial charge in [0.2, 0.25) is 0 Å². The smallest absolute Gasteiger partial charge is 0.336 e. The molecule has 0 radical (unpaired) electrons. The highest BCUT2D eigenvalue weighted by molar-refractivity contribution is 9.10. The summed E-state index contributed by atoms with van der Waals surface area (Å²) in [6.45, 7) is 1.79. The minimum absolute atomic E-state index is 0.125. The third-order valence-electron chi connectivity index (χ3n) is 2.15. The van der Waals surface area contributed by atoms with Crippen molar-refractivity contribution in [3.05, 3.63) is 34.3 Å². The van der Waals surface area contributed by atoms with Crippen molar-refractivity contribution in [1.82, 2.24) is 0 Å². The maximum absolute atomic E-state index is 11.1. The summed E-state index contributed by atoms with van der Waals surface area (Å²) in [6.07, 6.45) is 1.53. The van der Waals surface area contributed by atoms with Gasteiger partial charge in [0.05, 0.1) is 11.6 Å². The lowest BCUT2D eigenvalue weighted by Gasteiger charge is -2.11. The average Bonchev–Trinajstić information content (AvgIpc) is 2.29. The summed E-state index contributed by atoms with van der Waals surface area (Å²) in [5.41, 5.74) is 1.40. The molecule has 0 aliphatic heterocycles. The van der Waals surface area contributed by atoms with Crippen LogP contribution in [0.4, 0.5) is 5.69 Å². The highest BCUT2D eigenvalue weighted by Gasteiger charge is 2.13. The zero-order chi connectivity index (χ0) is 12.8. The number of nitriles is 1. The summed E-state index contributed by atoms with van der Waals surface area (Å²) < 4.78 is 0.822. The van der Waals surface area contributed by atoms with Gasteiger partial charge in [0.15, 0.2) is 0 Å². The van der Waals surface area contributed by atoms with Crippen molar-refractivity contribution < 1.29 is 9.90 Å². The second-order valence-electron chi connectivity index (χ2n) is 3.21. The number of allylic oxidation sites excluding steroid dienone is 1. The van der Waals surface area contributed by atoms with Gasteiger partial charge in [-0.3, -0.25) is 0 Å². The molecule has 0 spiro atoms. The molecule has 0 amide bonds. The van der Waals surface area contributed by atoms with Crippen LogP contribution in [0.3, 0.4) is 0 Å². The lowest BCUT2D eigenvalue weighted by molar-refractivity contribution is -0.130. The molecule has 0 unspecified atom stereocenters. The van der Waals surface area contributed by atoms with E-state index in [1.807, 2.05) is 6.07 Å². The second kappa shape index (κ2) is 6.06. The number of carboxylic acid groups (broad SMARTS) is 1. The SMILES string of the molecule is C/C=C(/C(=O)O)c1ccc(Br)cc1NCC#N. The quantitative estimate of drug-likeness (QED) is 0.661. The molecule has 88 valence electrons. The highest BCUT2D eigenvalue weighted by Crippen LogP contribution is 2.27. The van der Waals surface area contributed by atoms with Gasteiger partial charge in [-0.1, -0.05) is 28.1 Å². The molecular weight excluding hydrogens is 284 g/mol. The molecule has 1 aromatic carbocycles. The van der Waals surface area contributed by atoms with Gasteiger partial charge in [-0.25, -0.2) is 4.79 Å². The fraction of sp³-hybridized carbons (Fsp3) is 0.167. The average molecular weight is 295 g/mol. The number of nitrogens with one attached hydrogen (secondary N) is 1. The van der Waals surface area contributed by atoms with Gasteiger partial charge in [-0.15, -0.1) is 0 Å². The fourth-order valence-electron chi connectivity index (χ4n) is 1.43. The summed E-state index contributed by atoms with van der Waals surface area (Å²) in [6, 6.07) is 7.17. The van der Waals surface area contributed by atoms with Gasteiger partial charge in [0, 0.05) is 15.7 Å². The number of carbonyl (C=O) groups is 1. The lowest BCUT2D eigenvalue weighted by atomic mass is 10.0. The third-order valence-corrected chi connectivity index (χ3v) is 2.64. The summed E-state index contributed by atoms with van der Waals surface area (Å²) in [5, 5.41) is 20.5. The first-order valence-electron chi connectivity index (χ1n) is 4.90. The zero-order valence-electron chi connectivity index (χ0n) is 9.20. The fourth-order valence-corrected chi connectivity index (χ4v) is 1.79. The van der Waals surface area contributed by atoms with E-state index in [0.29, 0.717) is 11.3 Å². The molecule has 0 heterocycles. The van der Waals surface area contributed by atoms with Gasteiger partial charge < -0.3 is 10.4 Å². The maximum Gasteiger partial charge on any atom is 0.336 e. The molecule has 5 heteroatoms. The Morgan fingerprint density at radius 3 is 2.88 bits per heavy atom. The molecule has 0 saturated heterocycles. The van der Waals surface area contributed by atoms with E-state index in [2.05, 4.69) is 21.2 Å². The van der Waals surface area contributed by atoms with Gasteiger partial charge in [-0.05, 0) is 19.1 Å². The Kier molecular flexibility index (Phi) is 4.73. The van der Waals surface area contributed by atoms with Crippen LogP contribution in [0.25, 0.3) is 5.57 Å². The van der Waals surface area contributed by atoms with Gasteiger partial charge in [-0.2, -0.15) is 5.26 Å².